The van der Waals surface area contributed by atoms with Crippen molar-refractivity contribution < 1.29 is 4.79 Å². The molecule has 0 bridgehead atoms. The molecule has 0 aliphatic heterocycles. The van der Waals surface area contributed by atoms with Crippen molar-refractivity contribution in [2.24, 2.45) is 5.73 Å². The Morgan fingerprint density at radius 1 is 1.07 bits per heavy atom. The molecule has 0 saturated heterocycles. The second-order valence-corrected chi connectivity index (χ2v) is 6.96. The van der Waals surface area contributed by atoms with Gasteiger partial charge in [0.25, 0.3) is 0 Å². The normalized spacial score (nSPS) is 11.3. The van der Waals surface area contributed by atoms with Gasteiger partial charge in [0.2, 0.25) is 5.91 Å². The molecular weight excluding hydrogens is 348 g/mol. The molecule has 0 saturated carbocycles. The van der Waals surface area contributed by atoms with Crippen molar-refractivity contribution in [2.45, 2.75) is 25.3 Å². The van der Waals surface area contributed by atoms with Gasteiger partial charge in [-0.1, -0.05) is 54.6 Å². The zero-order valence-corrected chi connectivity index (χ0v) is 16.0. The predicted molar refractivity (Wildman–Crippen MR) is 115 cm³/mol. The first-order chi connectivity index (χ1) is 13.5. The van der Waals surface area contributed by atoms with Crippen LogP contribution in [0, 0.1) is 6.92 Å². The molecule has 0 radical (unpaired) electrons. The number of pyridine rings is 1. The van der Waals surface area contributed by atoms with E-state index in [1.54, 1.807) is 18.3 Å². The zero-order valence-electron chi connectivity index (χ0n) is 16.0. The molecule has 4 nitrogen and oxygen atoms in total. The van der Waals surface area contributed by atoms with E-state index >= 15 is 0 Å². The van der Waals surface area contributed by atoms with Crippen LogP contribution >= 0.6 is 0 Å². The van der Waals surface area contributed by atoms with Gasteiger partial charge in [0.1, 0.15) is 5.54 Å². The molecule has 1 amide bonds. The summed E-state index contributed by atoms with van der Waals surface area (Å²) in [6, 6.07) is 15.1. The van der Waals surface area contributed by atoms with Crippen LogP contribution in [-0.2, 0) is 10.3 Å². The number of fused-ring (bicyclic) bond motifs is 1. The van der Waals surface area contributed by atoms with E-state index in [1.165, 1.54) is 0 Å². The number of nitrogens with two attached hydrogens (primary N) is 1. The maximum Gasteiger partial charge on any atom is 0.244 e. The third-order valence-electron chi connectivity index (χ3n) is 5.21. The number of hydrogen-bond acceptors (Lipinski definition) is 2. The summed E-state index contributed by atoms with van der Waals surface area (Å²) in [5, 5.41) is 0.586. The zero-order chi connectivity index (χ0) is 20.3. The van der Waals surface area contributed by atoms with E-state index in [0.29, 0.717) is 29.3 Å². The lowest BCUT2D eigenvalue weighted by molar-refractivity contribution is -0.126. The first-order valence-electron chi connectivity index (χ1n) is 9.19. The highest BCUT2D eigenvalue weighted by Gasteiger charge is 2.37. The van der Waals surface area contributed by atoms with Crippen molar-refractivity contribution in [3.8, 4) is 11.1 Å². The fourth-order valence-electron chi connectivity index (χ4n) is 3.80. The van der Waals surface area contributed by atoms with Gasteiger partial charge in [0.05, 0.1) is 5.52 Å². The number of amides is 1. The van der Waals surface area contributed by atoms with Crippen molar-refractivity contribution in [1.29, 1.82) is 0 Å². The molecule has 1 heterocycles. The molecule has 28 heavy (non-hydrogen) atoms. The number of carbonyl (C=O) groups is 1. The summed E-state index contributed by atoms with van der Waals surface area (Å²) in [6.07, 6.45) is 5.76. The third kappa shape index (κ3) is 3.07. The number of allylic oxidation sites excluding steroid dienone is 2. The molecule has 142 valence electrons. The molecule has 3 aromatic rings. The monoisotopic (exact) mass is 372 g/mol. The van der Waals surface area contributed by atoms with Gasteiger partial charge in [0, 0.05) is 17.1 Å². The van der Waals surface area contributed by atoms with E-state index in [-0.39, 0.29) is 5.43 Å². The van der Waals surface area contributed by atoms with Crippen LogP contribution in [0.2, 0.25) is 0 Å². The standard InChI is InChI=1S/C24H24N2O2/c1-4-14-24(15-5-2,23(25)28)26-16-19(18-11-7-6-8-12-18)22(27)21-17(3)10-9-13-20(21)26/h4-13,16H,1-2,14-15H2,3H3,(H2,25,28). The van der Waals surface area contributed by atoms with Gasteiger partial charge in [-0.3, -0.25) is 9.59 Å². The lowest BCUT2D eigenvalue weighted by atomic mass is 9.88. The van der Waals surface area contributed by atoms with Gasteiger partial charge in [-0.15, -0.1) is 13.2 Å². The van der Waals surface area contributed by atoms with Crippen molar-refractivity contribution in [2.75, 3.05) is 0 Å². The second-order valence-electron chi connectivity index (χ2n) is 6.96. The summed E-state index contributed by atoms with van der Waals surface area (Å²) in [4.78, 5) is 26.0. The summed E-state index contributed by atoms with van der Waals surface area (Å²) in [6.45, 7) is 9.53. The number of nitrogens with zero attached hydrogens (tertiary/aromatic N) is 1. The van der Waals surface area contributed by atoms with Crippen LogP contribution < -0.4 is 11.2 Å². The van der Waals surface area contributed by atoms with E-state index in [9.17, 15) is 9.59 Å². The van der Waals surface area contributed by atoms with E-state index in [4.69, 9.17) is 5.73 Å². The molecule has 0 fully saturated rings. The minimum absolute atomic E-state index is 0.0638. The largest absolute Gasteiger partial charge is 0.368 e. The van der Waals surface area contributed by atoms with E-state index < -0.39 is 11.4 Å². The molecule has 4 heteroatoms. The van der Waals surface area contributed by atoms with Crippen LogP contribution in [-0.4, -0.2) is 10.5 Å². The quantitative estimate of drug-likeness (QED) is 0.628. The molecule has 2 N–H and O–H groups in total. The molecular formula is C24H24N2O2. The van der Waals surface area contributed by atoms with Gasteiger partial charge in [-0.05, 0) is 37.0 Å². The average Bonchev–Trinajstić information content (AvgIpc) is 2.68. The lowest BCUT2D eigenvalue weighted by Crippen LogP contribution is -2.46. The number of hydrogen-bond donors (Lipinski definition) is 1. The van der Waals surface area contributed by atoms with Gasteiger partial charge in [0.15, 0.2) is 5.43 Å². The second kappa shape index (κ2) is 7.69. The maximum absolute atomic E-state index is 13.3. The smallest absolute Gasteiger partial charge is 0.244 e. The topological polar surface area (TPSA) is 65.1 Å². The Morgan fingerprint density at radius 3 is 2.29 bits per heavy atom. The van der Waals surface area contributed by atoms with E-state index in [2.05, 4.69) is 13.2 Å². The van der Waals surface area contributed by atoms with E-state index in [0.717, 1.165) is 11.1 Å². The van der Waals surface area contributed by atoms with Crippen LogP contribution in [0.5, 0.6) is 0 Å². The Labute approximate surface area is 164 Å². The highest BCUT2D eigenvalue weighted by atomic mass is 16.1. The summed E-state index contributed by atoms with van der Waals surface area (Å²) in [5.41, 5.74) is 7.59. The van der Waals surface area contributed by atoms with Crippen LogP contribution in [0.4, 0.5) is 0 Å². The number of benzene rings is 2. The molecule has 0 spiro atoms. The first-order valence-corrected chi connectivity index (χ1v) is 9.19. The first kappa shape index (κ1) is 19.4. The molecule has 0 aliphatic rings. The van der Waals surface area contributed by atoms with Crippen LogP contribution in [0.15, 0.2) is 84.8 Å². The fraction of sp³-hybridized carbons (Fsp3) is 0.167. The molecule has 0 aliphatic carbocycles. The highest BCUT2D eigenvalue weighted by molar-refractivity contribution is 5.91. The van der Waals surface area contributed by atoms with Crippen molar-refractivity contribution in [3.05, 3.63) is 95.8 Å². The van der Waals surface area contributed by atoms with E-state index in [1.807, 2.05) is 60.0 Å². The summed E-state index contributed by atoms with van der Waals surface area (Å²) in [5.74, 6) is -0.488. The van der Waals surface area contributed by atoms with Crippen LogP contribution in [0.3, 0.4) is 0 Å². The predicted octanol–water partition coefficient (Wildman–Crippen LogP) is 4.31. The van der Waals surface area contributed by atoms with Gasteiger partial charge in [-0.2, -0.15) is 0 Å². The Hall–Kier alpha value is -3.40. The molecule has 1 aromatic heterocycles. The summed E-state index contributed by atoms with van der Waals surface area (Å²) < 4.78 is 1.84. The highest BCUT2D eigenvalue weighted by Crippen LogP contribution is 2.32. The minimum Gasteiger partial charge on any atom is -0.368 e. The van der Waals surface area contributed by atoms with Crippen LogP contribution in [0.1, 0.15) is 18.4 Å². The third-order valence-corrected chi connectivity index (χ3v) is 5.21. The Kier molecular flexibility index (Phi) is 5.32. The fourth-order valence-corrected chi connectivity index (χ4v) is 3.80. The van der Waals surface area contributed by atoms with Crippen molar-refractivity contribution >= 4 is 16.8 Å². The number of aromatic nitrogens is 1. The Balaban J connectivity index is 2.51. The Morgan fingerprint density at radius 2 is 1.71 bits per heavy atom. The maximum atomic E-state index is 13.3. The van der Waals surface area contributed by atoms with Gasteiger partial charge < -0.3 is 10.3 Å². The minimum atomic E-state index is -1.09. The summed E-state index contributed by atoms with van der Waals surface area (Å²) in [7, 11) is 0. The molecule has 3 rings (SSSR count). The molecule has 0 unspecified atom stereocenters. The Bertz CT molecular complexity index is 1100. The number of rotatable bonds is 7. The van der Waals surface area contributed by atoms with Crippen molar-refractivity contribution in [3.63, 3.8) is 0 Å². The number of primary amides is 1. The van der Waals surface area contributed by atoms with Gasteiger partial charge in [-0.25, -0.2) is 0 Å². The number of carbonyl (C=O) groups excluding carboxylic acids is 1. The summed E-state index contributed by atoms with van der Waals surface area (Å²) >= 11 is 0. The lowest BCUT2D eigenvalue weighted by Gasteiger charge is -2.34. The molecule has 2 aromatic carbocycles. The van der Waals surface area contributed by atoms with Gasteiger partial charge >= 0.3 is 0 Å². The van der Waals surface area contributed by atoms with Crippen molar-refractivity contribution in [1.82, 2.24) is 4.57 Å². The average molecular weight is 372 g/mol. The molecule has 0 atom stereocenters. The van der Waals surface area contributed by atoms with Crippen LogP contribution in [0.25, 0.3) is 22.0 Å². The SMILES string of the molecule is C=CCC(CC=C)(C(N)=O)n1cc(-c2ccccc2)c(=O)c2c(C)cccc21. The number of aryl methyl sites for hydroxylation is 1.